The molecule has 1 saturated heterocycles. The third kappa shape index (κ3) is 3.22. The molecule has 1 aromatic carbocycles. The Bertz CT molecular complexity index is 909. The first-order chi connectivity index (χ1) is 14.5. The van der Waals surface area contributed by atoms with Gasteiger partial charge in [0.2, 0.25) is 11.8 Å². The van der Waals surface area contributed by atoms with E-state index in [4.69, 9.17) is 11.6 Å². The molecule has 1 aromatic rings. The van der Waals surface area contributed by atoms with E-state index in [1.165, 1.54) is 10.5 Å². The Morgan fingerprint density at radius 3 is 2.47 bits per heavy atom. The second-order valence-corrected chi connectivity index (χ2v) is 9.41. The van der Waals surface area contributed by atoms with Crippen LogP contribution in [-0.4, -0.2) is 49.4 Å². The first kappa shape index (κ1) is 19.6. The lowest BCUT2D eigenvalue weighted by molar-refractivity contribution is -0.140. The van der Waals surface area contributed by atoms with Crippen LogP contribution in [0.5, 0.6) is 0 Å². The van der Waals surface area contributed by atoms with E-state index < -0.39 is 0 Å². The molecule has 158 valence electrons. The molecular weight excluding hydrogens is 400 g/mol. The average molecular weight is 427 g/mol. The molecule has 0 spiro atoms. The number of rotatable bonds is 6. The molecule has 2 saturated carbocycles. The number of aliphatic imine (C=N–C) groups is 1. The highest BCUT2D eigenvalue weighted by molar-refractivity contribution is 6.30. The largest absolute Gasteiger partial charge is 0.356 e. The zero-order valence-corrected chi connectivity index (χ0v) is 17.9. The number of likely N-dealkylation sites (tertiary alicyclic amines) is 1. The highest BCUT2D eigenvalue weighted by Gasteiger charge is 2.58. The summed E-state index contributed by atoms with van der Waals surface area (Å²) >= 11 is 6.16. The minimum atomic E-state index is -0.127. The molecular formula is C23H27ClN4O2. The van der Waals surface area contributed by atoms with E-state index in [9.17, 15) is 9.59 Å². The number of nitrogens with one attached hydrogen (secondary N) is 2. The van der Waals surface area contributed by atoms with E-state index in [2.05, 4.69) is 33.8 Å². The van der Waals surface area contributed by atoms with Gasteiger partial charge in [-0.15, -0.1) is 0 Å². The molecule has 5 rings (SSSR count). The maximum atomic E-state index is 12.8. The number of halogens is 1. The van der Waals surface area contributed by atoms with Crippen molar-refractivity contribution in [2.24, 2.45) is 28.7 Å². The summed E-state index contributed by atoms with van der Waals surface area (Å²) in [5.74, 6) is 0.947. The first-order valence-corrected chi connectivity index (χ1v) is 11.1. The lowest BCUT2D eigenvalue weighted by atomic mass is 9.85. The van der Waals surface area contributed by atoms with Gasteiger partial charge in [-0.3, -0.25) is 19.5 Å². The molecule has 3 fully saturated rings. The van der Waals surface area contributed by atoms with Gasteiger partial charge in [0.25, 0.3) is 0 Å². The Kier molecular flexibility index (Phi) is 4.85. The lowest BCUT2D eigenvalue weighted by Crippen LogP contribution is -2.45. The number of carbonyl (C=O) groups excluding carboxylic acids is 2. The normalized spacial score (nSPS) is 30.7. The number of benzene rings is 1. The molecule has 2 N–H and O–H groups in total. The van der Waals surface area contributed by atoms with E-state index >= 15 is 0 Å². The molecule has 0 radical (unpaired) electrons. The Balaban J connectivity index is 1.13. The fourth-order valence-electron chi connectivity index (χ4n) is 5.48. The average Bonchev–Trinajstić information content (AvgIpc) is 3.13. The number of fused-ring (bicyclic) bond motifs is 5. The number of imide groups is 1. The summed E-state index contributed by atoms with van der Waals surface area (Å²) in [7, 11) is 1.73. The Morgan fingerprint density at radius 2 is 1.87 bits per heavy atom. The minimum Gasteiger partial charge on any atom is -0.356 e. The third-order valence-electron chi connectivity index (χ3n) is 7.30. The molecule has 4 unspecified atom stereocenters. The molecule has 30 heavy (non-hydrogen) atoms. The first-order valence-electron chi connectivity index (χ1n) is 10.8. The number of allylic oxidation sites excluding steroid dienone is 2. The summed E-state index contributed by atoms with van der Waals surface area (Å²) in [6.45, 7) is 1.64. The fourth-order valence-corrected chi connectivity index (χ4v) is 5.67. The van der Waals surface area contributed by atoms with Crippen molar-refractivity contribution in [1.82, 2.24) is 15.5 Å². The topological polar surface area (TPSA) is 73.8 Å². The summed E-state index contributed by atoms with van der Waals surface area (Å²) in [5.41, 5.74) is 1.36. The van der Waals surface area contributed by atoms with Gasteiger partial charge in [-0.25, -0.2) is 0 Å². The van der Waals surface area contributed by atoms with Crippen molar-refractivity contribution in [3.8, 4) is 0 Å². The van der Waals surface area contributed by atoms with Crippen LogP contribution in [0, 0.1) is 23.7 Å². The van der Waals surface area contributed by atoms with Gasteiger partial charge < -0.3 is 10.6 Å². The van der Waals surface area contributed by atoms with Crippen molar-refractivity contribution < 1.29 is 9.59 Å². The Hall–Kier alpha value is -2.34. The van der Waals surface area contributed by atoms with Gasteiger partial charge in [0, 0.05) is 37.1 Å². The molecule has 4 atom stereocenters. The van der Waals surface area contributed by atoms with E-state index in [0.29, 0.717) is 19.0 Å². The monoisotopic (exact) mass is 426 g/mol. The van der Waals surface area contributed by atoms with Crippen molar-refractivity contribution in [2.45, 2.75) is 24.7 Å². The fraction of sp³-hybridized carbons (Fsp3) is 0.522. The lowest BCUT2D eigenvalue weighted by Gasteiger charge is -2.21. The maximum Gasteiger partial charge on any atom is 0.233 e. The minimum absolute atomic E-state index is 0.00415. The molecule has 4 aliphatic rings. The van der Waals surface area contributed by atoms with E-state index in [1.54, 1.807) is 7.05 Å². The number of nitrogens with zero attached hydrogens (tertiary/aromatic N) is 2. The summed E-state index contributed by atoms with van der Waals surface area (Å²) in [5, 5.41) is 7.41. The highest BCUT2D eigenvalue weighted by Crippen LogP contribution is 2.52. The van der Waals surface area contributed by atoms with Crippen LogP contribution < -0.4 is 10.6 Å². The summed E-state index contributed by atoms with van der Waals surface area (Å²) in [4.78, 5) is 31.3. The summed E-state index contributed by atoms with van der Waals surface area (Å²) in [6.07, 6.45) is 7.45. The van der Waals surface area contributed by atoms with Crippen molar-refractivity contribution in [1.29, 1.82) is 0 Å². The van der Waals surface area contributed by atoms with Crippen LogP contribution >= 0.6 is 11.6 Å². The molecule has 1 heterocycles. The predicted octanol–water partition coefficient (Wildman–Crippen LogP) is 2.34. The summed E-state index contributed by atoms with van der Waals surface area (Å²) < 4.78 is 0. The van der Waals surface area contributed by atoms with Crippen LogP contribution in [0.3, 0.4) is 0 Å². The van der Waals surface area contributed by atoms with E-state index in [0.717, 1.165) is 30.8 Å². The van der Waals surface area contributed by atoms with Crippen molar-refractivity contribution in [2.75, 3.05) is 26.7 Å². The molecule has 2 bridgehead atoms. The molecule has 1 aliphatic heterocycles. The van der Waals surface area contributed by atoms with Crippen LogP contribution in [0.1, 0.15) is 24.8 Å². The molecule has 3 aliphatic carbocycles. The van der Waals surface area contributed by atoms with Gasteiger partial charge in [0.05, 0.1) is 11.8 Å². The molecule has 0 aromatic heterocycles. The SMILES string of the molecule is CN=C(NCCN1C(=O)C2C3C=CC(C3)C2C1=O)NCC1(c2cccc(Cl)c2)CC1. The van der Waals surface area contributed by atoms with Gasteiger partial charge in [0.15, 0.2) is 5.96 Å². The number of amides is 2. The molecule has 6 nitrogen and oxygen atoms in total. The number of hydrogen-bond acceptors (Lipinski definition) is 3. The van der Waals surface area contributed by atoms with Crippen molar-refractivity contribution in [3.05, 3.63) is 47.0 Å². The number of guanidine groups is 1. The van der Waals surface area contributed by atoms with E-state index in [-0.39, 0.29) is 40.9 Å². The Morgan fingerprint density at radius 1 is 1.17 bits per heavy atom. The van der Waals surface area contributed by atoms with Crippen molar-refractivity contribution in [3.63, 3.8) is 0 Å². The van der Waals surface area contributed by atoms with Gasteiger partial charge in [-0.2, -0.15) is 0 Å². The van der Waals surface area contributed by atoms with Crippen molar-refractivity contribution >= 4 is 29.4 Å². The van der Waals surface area contributed by atoms with E-state index in [1.807, 2.05) is 18.2 Å². The van der Waals surface area contributed by atoms with Crippen LogP contribution in [0.15, 0.2) is 41.4 Å². The predicted molar refractivity (Wildman–Crippen MR) is 116 cm³/mol. The highest BCUT2D eigenvalue weighted by atomic mass is 35.5. The quantitative estimate of drug-likeness (QED) is 0.317. The van der Waals surface area contributed by atoms with Gasteiger partial charge in [0.1, 0.15) is 0 Å². The van der Waals surface area contributed by atoms with Crippen LogP contribution in [0.4, 0.5) is 0 Å². The van der Waals surface area contributed by atoms with Crippen LogP contribution in [-0.2, 0) is 15.0 Å². The van der Waals surface area contributed by atoms with Crippen LogP contribution in [0.2, 0.25) is 5.02 Å². The number of carbonyl (C=O) groups is 2. The van der Waals surface area contributed by atoms with Gasteiger partial charge in [-0.1, -0.05) is 35.9 Å². The van der Waals surface area contributed by atoms with Crippen LogP contribution in [0.25, 0.3) is 0 Å². The summed E-state index contributed by atoms with van der Waals surface area (Å²) in [6, 6.07) is 8.05. The maximum absolute atomic E-state index is 12.8. The Labute approximate surface area is 181 Å². The smallest absolute Gasteiger partial charge is 0.233 e. The van der Waals surface area contributed by atoms with Gasteiger partial charge in [-0.05, 0) is 48.8 Å². The number of hydrogen-bond donors (Lipinski definition) is 2. The second kappa shape index (κ2) is 7.41. The molecule has 2 amide bonds. The third-order valence-corrected chi connectivity index (χ3v) is 7.53. The zero-order chi connectivity index (χ0) is 20.9. The van der Waals surface area contributed by atoms with Gasteiger partial charge >= 0.3 is 0 Å². The molecule has 7 heteroatoms. The standard InChI is InChI=1S/C23H27ClN4O2/c1-25-22(27-13-23(7-8-23)16-3-2-4-17(24)12-16)26-9-10-28-20(29)18-14-5-6-15(11-14)19(18)21(28)30/h2-6,12,14-15,18-19H,7-11,13H2,1H3,(H2,25,26,27). The zero-order valence-electron chi connectivity index (χ0n) is 17.1. The second-order valence-electron chi connectivity index (χ2n) is 8.97.